The Morgan fingerprint density at radius 3 is 2.18 bits per heavy atom. The van der Waals surface area contributed by atoms with Gasteiger partial charge in [0.1, 0.15) is 0 Å². The van der Waals surface area contributed by atoms with Crippen LogP contribution in [0, 0.1) is 11.3 Å². The fraction of sp³-hybridized carbons (Fsp3) is 1.00. The summed E-state index contributed by atoms with van der Waals surface area (Å²) in [6.45, 7) is 4.29. The largest absolute Gasteiger partial charge is 0.232 e. The Kier molecular flexibility index (Phi) is 2.23. The van der Waals surface area contributed by atoms with Gasteiger partial charge in [0, 0.05) is 10.7 Å². The molecule has 0 saturated heterocycles. The van der Waals surface area contributed by atoms with Crippen LogP contribution in [-0.4, -0.2) is 14.2 Å². The molecule has 1 rings (SSSR count). The maximum atomic E-state index is 10.6. The topological polar surface area (TPSA) is 34.1 Å². The van der Waals surface area contributed by atoms with Crippen LogP contribution in [0.2, 0.25) is 0 Å². The average Bonchev–Trinajstić information content (AvgIpc) is 1.53. The van der Waals surface area contributed by atoms with Crippen molar-refractivity contribution in [2.24, 2.45) is 11.3 Å². The molecule has 0 N–H and O–H groups in total. The van der Waals surface area contributed by atoms with E-state index >= 15 is 0 Å². The van der Waals surface area contributed by atoms with Gasteiger partial charge in [-0.3, -0.25) is 0 Å². The standard InChI is InChI=1S/C7H13ClO2S/c1-7(2)3-6(4-7)5-11(8,9)10/h6H,3-5H2,1-2H3. The van der Waals surface area contributed by atoms with E-state index in [1.165, 1.54) is 0 Å². The average molecular weight is 197 g/mol. The van der Waals surface area contributed by atoms with E-state index in [1.54, 1.807) is 0 Å². The summed E-state index contributed by atoms with van der Waals surface area (Å²) in [6, 6.07) is 0. The molecular weight excluding hydrogens is 184 g/mol. The van der Waals surface area contributed by atoms with Crippen LogP contribution in [0.5, 0.6) is 0 Å². The third kappa shape index (κ3) is 2.99. The molecule has 0 bridgehead atoms. The van der Waals surface area contributed by atoms with Crippen molar-refractivity contribution in [3.05, 3.63) is 0 Å². The van der Waals surface area contributed by atoms with Gasteiger partial charge in [0.15, 0.2) is 0 Å². The quantitative estimate of drug-likeness (QED) is 0.633. The zero-order valence-corrected chi connectivity index (χ0v) is 8.37. The summed E-state index contributed by atoms with van der Waals surface area (Å²) >= 11 is 0. The summed E-state index contributed by atoms with van der Waals surface area (Å²) in [7, 11) is 1.84. The van der Waals surface area contributed by atoms with Crippen molar-refractivity contribution in [3.63, 3.8) is 0 Å². The molecule has 0 heterocycles. The zero-order chi connectivity index (χ0) is 8.70. The zero-order valence-electron chi connectivity index (χ0n) is 6.80. The van der Waals surface area contributed by atoms with Gasteiger partial charge < -0.3 is 0 Å². The van der Waals surface area contributed by atoms with Gasteiger partial charge in [0.25, 0.3) is 0 Å². The minimum Gasteiger partial charge on any atom is -0.212 e. The van der Waals surface area contributed by atoms with Crippen molar-refractivity contribution in [2.45, 2.75) is 26.7 Å². The smallest absolute Gasteiger partial charge is 0.212 e. The van der Waals surface area contributed by atoms with Crippen LogP contribution in [0.25, 0.3) is 0 Å². The Balaban J connectivity index is 2.36. The van der Waals surface area contributed by atoms with E-state index in [0.29, 0.717) is 11.3 Å². The normalized spacial score (nSPS) is 24.6. The molecule has 1 saturated carbocycles. The summed E-state index contributed by atoms with van der Waals surface area (Å²) < 4.78 is 21.2. The SMILES string of the molecule is CC1(C)CC(CS(=O)(=O)Cl)C1. The van der Waals surface area contributed by atoms with Gasteiger partial charge in [-0.15, -0.1) is 0 Å². The first-order chi connectivity index (χ1) is 4.79. The highest BCUT2D eigenvalue weighted by Gasteiger charge is 2.37. The first-order valence-electron chi connectivity index (χ1n) is 3.71. The Labute approximate surface area is 72.4 Å². The van der Waals surface area contributed by atoms with Crippen molar-refractivity contribution in [1.82, 2.24) is 0 Å². The van der Waals surface area contributed by atoms with Crippen LogP contribution in [0.4, 0.5) is 0 Å². The molecule has 0 aromatic heterocycles. The van der Waals surface area contributed by atoms with E-state index < -0.39 is 9.05 Å². The molecular formula is C7H13ClO2S. The maximum absolute atomic E-state index is 10.6. The summed E-state index contributed by atoms with van der Waals surface area (Å²) in [6.07, 6.45) is 1.97. The number of hydrogen-bond acceptors (Lipinski definition) is 2. The Morgan fingerprint density at radius 2 is 1.91 bits per heavy atom. The Hall–Kier alpha value is 0.240. The van der Waals surface area contributed by atoms with Crippen LogP contribution in [0.3, 0.4) is 0 Å². The second-order valence-electron chi connectivity index (χ2n) is 4.14. The van der Waals surface area contributed by atoms with Gasteiger partial charge in [0.2, 0.25) is 9.05 Å². The fourth-order valence-electron chi connectivity index (χ4n) is 1.90. The van der Waals surface area contributed by atoms with E-state index in [-0.39, 0.29) is 5.75 Å². The van der Waals surface area contributed by atoms with Gasteiger partial charge >= 0.3 is 0 Å². The second kappa shape index (κ2) is 2.63. The highest BCUT2D eigenvalue weighted by molar-refractivity contribution is 8.13. The Morgan fingerprint density at radius 1 is 1.45 bits per heavy atom. The molecule has 0 radical (unpaired) electrons. The molecule has 66 valence electrons. The van der Waals surface area contributed by atoms with Crippen LogP contribution in [0.1, 0.15) is 26.7 Å². The minimum atomic E-state index is -3.26. The molecule has 0 unspecified atom stereocenters. The molecule has 2 nitrogen and oxygen atoms in total. The summed E-state index contributed by atoms with van der Waals surface area (Å²) in [5, 5.41) is 0. The third-order valence-corrected chi connectivity index (χ3v) is 3.36. The molecule has 1 aliphatic rings. The van der Waals surface area contributed by atoms with E-state index in [1.807, 2.05) is 0 Å². The second-order valence-corrected chi connectivity index (χ2v) is 6.97. The van der Waals surface area contributed by atoms with E-state index in [2.05, 4.69) is 13.8 Å². The summed E-state index contributed by atoms with van der Waals surface area (Å²) in [5.74, 6) is 0.449. The molecule has 1 aliphatic carbocycles. The monoisotopic (exact) mass is 196 g/mol. The Bertz CT molecular complexity index is 235. The lowest BCUT2D eigenvalue weighted by atomic mass is 9.65. The first kappa shape index (κ1) is 9.33. The van der Waals surface area contributed by atoms with E-state index in [4.69, 9.17) is 10.7 Å². The van der Waals surface area contributed by atoms with Crippen molar-refractivity contribution in [2.75, 3.05) is 5.75 Å². The fourth-order valence-corrected chi connectivity index (χ4v) is 3.24. The summed E-state index contributed by atoms with van der Waals surface area (Å²) in [5.41, 5.74) is 0.340. The lowest BCUT2D eigenvalue weighted by molar-refractivity contribution is 0.113. The van der Waals surface area contributed by atoms with Gasteiger partial charge in [-0.05, 0) is 24.2 Å². The number of hydrogen-bond donors (Lipinski definition) is 0. The molecule has 0 aromatic rings. The van der Waals surface area contributed by atoms with Crippen LogP contribution in [-0.2, 0) is 9.05 Å². The van der Waals surface area contributed by atoms with Gasteiger partial charge in [-0.25, -0.2) is 8.42 Å². The third-order valence-electron chi connectivity index (χ3n) is 2.12. The van der Waals surface area contributed by atoms with Crippen molar-refractivity contribution < 1.29 is 8.42 Å². The van der Waals surface area contributed by atoms with Crippen LogP contribution in [0.15, 0.2) is 0 Å². The lowest BCUT2D eigenvalue weighted by Gasteiger charge is -2.42. The summed E-state index contributed by atoms with van der Waals surface area (Å²) in [4.78, 5) is 0. The van der Waals surface area contributed by atoms with Crippen molar-refractivity contribution in [1.29, 1.82) is 0 Å². The number of halogens is 1. The maximum Gasteiger partial charge on any atom is 0.232 e. The molecule has 0 aliphatic heterocycles. The predicted octanol–water partition coefficient (Wildman–Crippen LogP) is 1.99. The van der Waals surface area contributed by atoms with E-state index in [0.717, 1.165) is 12.8 Å². The first-order valence-corrected chi connectivity index (χ1v) is 6.19. The number of rotatable bonds is 2. The van der Waals surface area contributed by atoms with Crippen LogP contribution < -0.4 is 0 Å². The van der Waals surface area contributed by atoms with Crippen molar-refractivity contribution >= 4 is 19.7 Å². The molecule has 1 fully saturated rings. The predicted molar refractivity (Wildman–Crippen MR) is 46.1 cm³/mol. The molecule has 0 aromatic carbocycles. The molecule has 4 heteroatoms. The molecule has 0 atom stereocenters. The lowest BCUT2D eigenvalue weighted by Crippen LogP contribution is -2.35. The molecule has 0 amide bonds. The van der Waals surface area contributed by atoms with Crippen LogP contribution >= 0.6 is 10.7 Å². The van der Waals surface area contributed by atoms with E-state index in [9.17, 15) is 8.42 Å². The van der Waals surface area contributed by atoms with Crippen molar-refractivity contribution in [3.8, 4) is 0 Å². The highest BCUT2D eigenvalue weighted by atomic mass is 35.7. The van der Waals surface area contributed by atoms with Gasteiger partial charge in [-0.2, -0.15) is 0 Å². The minimum absolute atomic E-state index is 0.151. The molecule has 11 heavy (non-hydrogen) atoms. The van der Waals surface area contributed by atoms with Gasteiger partial charge in [-0.1, -0.05) is 13.8 Å². The highest BCUT2D eigenvalue weighted by Crippen LogP contribution is 2.45. The molecule has 0 spiro atoms. The van der Waals surface area contributed by atoms with Gasteiger partial charge in [0.05, 0.1) is 5.75 Å².